The first kappa shape index (κ1) is 13.9. The Hall–Kier alpha value is -1.10. The molecule has 0 rings (SSSR count). The molecule has 0 radical (unpaired) electrons. The molecule has 11 heteroatoms. The minimum atomic E-state index is -5.98. The average molecular weight is 245 g/mol. The maximum atomic E-state index is 11.8. The van der Waals surface area contributed by atoms with Gasteiger partial charge in [-0.05, 0) is 0 Å². The lowest BCUT2D eigenvalue weighted by molar-refractivity contribution is -0.534. The van der Waals surface area contributed by atoms with Gasteiger partial charge in [-0.1, -0.05) is 0 Å². The van der Waals surface area contributed by atoms with Crippen LogP contribution in [0.1, 0.15) is 0 Å². The number of rotatable bonds is 4. The van der Waals surface area contributed by atoms with Crippen LogP contribution in [0.4, 0.5) is 30.7 Å². The van der Waals surface area contributed by atoms with E-state index in [0.717, 1.165) is 0 Å². The highest BCUT2D eigenvalue weighted by Crippen LogP contribution is 2.33. The molecule has 0 bridgehead atoms. The molecule has 15 heavy (non-hydrogen) atoms. The highest BCUT2D eigenvalue weighted by molar-refractivity contribution is 5.71. The standard InChI is InChI=1S/C4HF7O4/c5-2(6,1(12)13)14-4(10,11)15-3(7,8)9/h(H,12,13)/p-1. The lowest BCUT2D eigenvalue weighted by Gasteiger charge is -2.23. The van der Waals surface area contributed by atoms with Crippen molar-refractivity contribution in [1.82, 2.24) is 0 Å². The first-order valence-corrected chi connectivity index (χ1v) is 2.80. The van der Waals surface area contributed by atoms with E-state index in [1.807, 2.05) is 4.74 Å². The summed E-state index contributed by atoms with van der Waals surface area (Å²) in [6.45, 7) is 0. The number of carboxylic acid groups (broad SMARTS) is 1. The Bertz CT molecular complexity index is 246. The van der Waals surface area contributed by atoms with Gasteiger partial charge in [-0.15, -0.1) is 22.0 Å². The number of halogens is 7. The molecular formula is C4F7O4-. The Morgan fingerprint density at radius 3 is 1.60 bits per heavy atom. The molecule has 0 aliphatic heterocycles. The highest BCUT2D eigenvalue weighted by Gasteiger charge is 2.53. The maximum absolute atomic E-state index is 11.8. The lowest BCUT2D eigenvalue weighted by atomic mass is 10.6. The van der Waals surface area contributed by atoms with Crippen LogP contribution in [0.5, 0.6) is 0 Å². The van der Waals surface area contributed by atoms with Crippen LogP contribution in [0.15, 0.2) is 0 Å². The summed E-state index contributed by atoms with van der Waals surface area (Å²) in [5.74, 6) is -3.44. The van der Waals surface area contributed by atoms with E-state index in [4.69, 9.17) is 0 Å². The topological polar surface area (TPSA) is 58.6 Å². The van der Waals surface area contributed by atoms with Gasteiger partial charge in [-0.2, -0.15) is 13.5 Å². The van der Waals surface area contributed by atoms with Crippen LogP contribution < -0.4 is 5.11 Å². The van der Waals surface area contributed by atoms with E-state index < -0.39 is 24.7 Å². The van der Waals surface area contributed by atoms with Gasteiger partial charge >= 0.3 is 18.8 Å². The number of carboxylic acids is 1. The van der Waals surface area contributed by atoms with E-state index in [1.54, 1.807) is 4.74 Å². The van der Waals surface area contributed by atoms with E-state index >= 15 is 0 Å². The largest absolute Gasteiger partial charge is 0.542 e. The summed E-state index contributed by atoms with van der Waals surface area (Å²) in [6, 6.07) is 0. The van der Waals surface area contributed by atoms with Gasteiger partial charge in [-0.25, -0.2) is 4.74 Å². The van der Waals surface area contributed by atoms with Crippen molar-refractivity contribution in [1.29, 1.82) is 0 Å². The Labute approximate surface area is 76.2 Å². The monoisotopic (exact) mass is 245 g/mol. The van der Waals surface area contributed by atoms with Crippen LogP contribution in [0, 0.1) is 0 Å². The molecule has 4 nitrogen and oxygen atoms in total. The summed E-state index contributed by atoms with van der Waals surface area (Å²) in [5, 5.41) is 9.41. The fraction of sp³-hybridized carbons (Fsp3) is 0.750. The maximum Gasteiger partial charge on any atom is 0.529 e. The van der Waals surface area contributed by atoms with Crippen molar-refractivity contribution in [2.75, 3.05) is 0 Å². The van der Waals surface area contributed by atoms with Crippen LogP contribution in [0.25, 0.3) is 0 Å². The zero-order chi connectivity index (χ0) is 12.5. The molecule has 0 unspecified atom stereocenters. The summed E-state index contributed by atoms with van der Waals surface area (Å²) < 4.78 is 84.5. The molecule has 0 heterocycles. The van der Waals surface area contributed by atoms with Gasteiger partial charge in [0.05, 0.1) is 0 Å². The molecule has 0 spiro atoms. The van der Waals surface area contributed by atoms with Crippen molar-refractivity contribution < 1.29 is 50.1 Å². The number of carbonyl (C=O) groups excluding carboxylic acids is 1. The van der Waals surface area contributed by atoms with Crippen molar-refractivity contribution in [3.05, 3.63) is 0 Å². The zero-order valence-corrected chi connectivity index (χ0v) is 6.28. The normalized spacial score (nSPS) is 14.1. The average Bonchev–Trinajstić information content (AvgIpc) is 1.75. The third-order valence-corrected chi connectivity index (χ3v) is 0.719. The number of hydrogen-bond donors (Lipinski definition) is 0. The van der Waals surface area contributed by atoms with Gasteiger partial charge in [-0.3, -0.25) is 0 Å². The summed E-state index contributed by atoms with van der Waals surface area (Å²) in [4.78, 5) is 9.41. The Kier molecular flexibility index (Phi) is 3.53. The molecular weight excluding hydrogens is 245 g/mol. The van der Waals surface area contributed by atoms with Crippen molar-refractivity contribution in [2.24, 2.45) is 0 Å². The van der Waals surface area contributed by atoms with Gasteiger partial charge in [0.25, 0.3) is 0 Å². The van der Waals surface area contributed by atoms with Crippen molar-refractivity contribution in [2.45, 2.75) is 18.8 Å². The number of hydrogen-bond acceptors (Lipinski definition) is 4. The molecule has 0 atom stereocenters. The zero-order valence-electron chi connectivity index (χ0n) is 6.28. The van der Waals surface area contributed by atoms with Crippen LogP contribution in [-0.4, -0.2) is 24.7 Å². The fourth-order valence-corrected chi connectivity index (χ4v) is 0.346. The number of ether oxygens (including phenoxy) is 2. The Balaban J connectivity index is 4.58. The molecule has 90 valence electrons. The lowest BCUT2D eigenvalue weighted by Crippen LogP contribution is -2.49. The second kappa shape index (κ2) is 3.81. The third-order valence-electron chi connectivity index (χ3n) is 0.719. The summed E-state index contributed by atoms with van der Waals surface area (Å²) in [5.41, 5.74) is 0. The van der Waals surface area contributed by atoms with E-state index in [9.17, 15) is 40.6 Å². The minimum absolute atomic E-state index is 1.78. The fourth-order valence-electron chi connectivity index (χ4n) is 0.346. The van der Waals surface area contributed by atoms with Gasteiger partial charge < -0.3 is 9.90 Å². The van der Waals surface area contributed by atoms with Crippen LogP contribution in [-0.2, 0) is 14.3 Å². The molecule has 0 N–H and O–H groups in total. The summed E-state index contributed by atoms with van der Waals surface area (Å²) in [6.07, 6.45) is -17.4. The molecule has 0 aromatic rings. The quantitative estimate of drug-likeness (QED) is 0.532. The number of carbonyl (C=O) groups is 1. The Morgan fingerprint density at radius 1 is 0.933 bits per heavy atom. The summed E-state index contributed by atoms with van der Waals surface area (Å²) >= 11 is 0. The molecule has 0 aliphatic carbocycles. The third kappa shape index (κ3) is 5.37. The van der Waals surface area contributed by atoms with Crippen molar-refractivity contribution >= 4 is 5.97 Å². The number of alkyl halides is 7. The molecule has 0 saturated heterocycles. The highest BCUT2D eigenvalue weighted by atomic mass is 19.4. The molecule has 0 saturated carbocycles. The molecule has 0 fully saturated rings. The smallest absolute Gasteiger partial charge is 0.529 e. The predicted octanol–water partition coefficient (Wildman–Crippen LogP) is 0.432. The van der Waals surface area contributed by atoms with Gasteiger partial charge in [0.1, 0.15) is 5.97 Å². The second-order valence-corrected chi connectivity index (χ2v) is 1.92. The first-order chi connectivity index (χ1) is 6.36. The van der Waals surface area contributed by atoms with E-state index in [-0.39, 0.29) is 0 Å². The van der Waals surface area contributed by atoms with Gasteiger partial charge in [0.15, 0.2) is 0 Å². The van der Waals surface area contributed by atoms with Crippen molar-refractivity contribution in [3.8, 4) is 0 Å². The minimum Gasteiger partial charge on any atom is -0.542 e. The Morgan fingerprint density at radius 2 is 1.33 bits per heavy atom. The van der Waals surface area contributed by atoms with Crippen molar-refractivity contribution in [3.63, 3.8) is 0 Å². The molecule has 0 aliphatic rings. The predicted molar refractivity (Wildman–Crippen MR) is 23.1 cm³/mol. The van der Waals surface area contributed by atoms with E-state index in [2.05, 4.69) is 0 Å². The molecule has 0 aromatic heterocycles. The van der Waals surface area contributed by atoms with E-state index in [0.29, 0.717) is 0 Å². The van der Waals surface area contributed by atoms with Gasteiger partial charge in [0.2, 0.25) is 0 Å². The van der Waals surface area contributed by atoms with Crippen LogP contribution in [0.3, 0.4) is 0 Å². The summed E-state index contributed by atoms with van der Waals surface area (Å²) in [7, 11) is 0. The second-order valence-electron chi connectivity index (χ2n) is 1.92. The molecule has 0 aromatic carbocycles. The van der Waals surface area contributed by atoms with Gasteiger partial charge in [0, 0.05) is 0 Å². The number of aliphatic carboxylic acids is 1. The van der Waals surface area contributed by atoms with Crippen LogP contribution in [0.2, 0.25) is 0 Å². The first-order valence-electron chi connectivity index (χ1n) is 2.80. The van der Waals surface area contributed by atoms with Crippen LogP contribution >= 0.6 is 0 Å². The molecule has 0 amide bonds. The SMILES string of the molecule is O=C([O-])C(F)(F)OC(F)(F)OC(F)(F)F. The van der Waals surface area contributed by atoms with E-state index in [1.165, 1.54) is 0 Å².